The highest BCUT2D eigenvalue weighted by molar-refractivity contribution is 7.91. The minimum atomic E-state index is -2.92. The lowest BCUT2D eigenvalue weighted by Crippen LogP contribution is -2.33. The summed E-state index contributed by atoms with van der Waals surface area (Å²) in [5.41, 5.74) is 0.553. The highest BCUT2D eigenvalue weighted by atomic mass is 32.2. The monoisotopic (exact) mass is 335 g/mol. The van der Waals surface area contributed by atoms with Crippen molar-refractivity contribution in [1.29, 1.82) is 0 Å². The van der Waals surface area contributed by atoms with Crippen LogP contribution in [-0.2, 0) is 9.84 Å². The van der Waals surface area contributed by atoms with Gasteiger partial charge in [0, 0.05) is 18.9 Å². The fourth-order valence-electron chi connectivity index (χ4n) is 2.45. The molecule has 0 unspecified atom stereocenters. The molecule has 0 bridgehead atoms. The molecule has 0 aliphatic carbocycles. The van der Waals surface area contributed by atoms with E-state index in [0.717, 1.165) is 0 Å². The molecule has 3 rings (SSSR count). The summed E-state index contributed by atoms with van der Waals surface area (Å²) in [5.74, 6) is 0.996. The predicted molar refractivity (Wildman–Crippen MR) is 85.1 cm³/mol. The first-order valence-electron chi connectivity index (χ1n) is 7.23. The number of hydrogen-bond acceptors (Lipinski definition) is 5. The molecule has 2 aromatic heterocycles. The third kappa shape index (κ3) is 4.07. The first-order valence-corrected chi connectivity index (χ1v) is 9.05. The van der Waals surface area contributed by atoms with Gasteiger partial charge in [-0.3, -0.25) is 0 Å². The van der Waals surface area contributed by atoms with Crippen LogP contribution < -0.4 is 10.6 Å². The number of carbonyl (C=O) groups excluding carboxylic acids is 1. The Morgan fingerprint density at radius 1 is 1.39 bits per heavy atom. The molecule has 0 radical (unpaired) electrons. The van der Waals surface area contributed by atoms with Crippen LogP contribution in [0.5, 0.6) is 0 Å². The van der Waals surface area contributed by atoms with Gasteiger partial charge in [0.2, 0.25) is 0 Å². The second-order valence-electron chi connectivity index (χ2n) is 5.46. The number of rotatable bonds is 4. The van der Waals surface area contributed by atoms with Gasteiger partial charge in [-0.2, -0.15) is 5.10 Å². The lowest BCUT2D eigenvalue weighted by Gasteiger charge is -2.11. The van der Waals surface area contributed by atoms with Gasteiger partial charge in [-0.25, -0.2) is 22.9 Å². The van der Waals surface area contributed by atoms with Crippen LogP contribution in [0.4, 0.5) is 10.5 Å². The summed E-state index contributed by atoms with van der Waals surface area (Å²) >= 11 is 0. The summed E-state index contributed by atoms with van der Waals surface area (Å²) < 4.78 is 24.3. The number of carbonyl (C=O) groups is 1. The van der Waals surface area contributed by atoms with E-state index in [1.54, 1.807) is 35.3 Å². The van der Waals surface area contributed by atoms with Crippen molar-refractivity contribution in [2.45, 2.75) is 6.42 Å². The third-order valence-electron chi connectivity index (χ3n) is 3.62. The van der Waals surface area contributed by atoms with E-state index in [2.05, 4.69) is 20.7 Å². The molecule has 9 heteroatoms. The van der Waals surface area contributed by atoms with Gasteiger partial charge in [-0.1, -0.05) is 0 Å². The molecular weight excluding hydrogens is 318 g/mol. The molecule has 2 aromatic rings. The maximum absolute atomic E-state index is 11.8. The van der Waals surface area contributed by atoms with Crippen LogP contribution in [0.2, 0.25) is 0 Å². The van der Waals surface area contributed by atoms with Gasteiger partial charge in [0.25, 0.3) is 0 Å². The van der Waals surface area contributed by atoms with Crippen LogP contribution in [0.25, 0.3) is 5.82 Å². The SMILES string of the molecule is O=C(NC[C@H]1CCS(=O)(=O)C1)Nc1ccc(-n2cccn2)nc1. The summed E-state index contributed by atoms with van der Waals surface area (Å²) in [5, 5.41) is 9.43. The Morgan fingerprint density at radius 2 is 2.26 bits per heavy atom. The van der Waals surface area contributed by atoms with Crippen molar-refractivity contribution in [3.63, 3.8) is 0 Å². The van der Waals surface area contributed by atoms with Crippen molar-refractivity contribution in [3.8, 4) is 5.82 Å². The van der Waals surface area contributed by atoms with Crippen molar-refractivity contribution in [2.24, 2.45) is 5.92 Å². The number of amides is 2. The molecule has 2 amide bonds. The number of aromatic nitrogens is 3. The predicted octanol–water partition coefficient (Wildman–Crippen LogP) is 0.823. The average molecular weight is 335 g/mol. The van der Waals surface area contributed by atoms with E-state index in [1.165, 1.54) is 6.20 Å². The van der Waals surface area contributed by atoms with E-state index in [0.29, 0.717) is 24.5 Å². The number of pyridine rings is 1. The van der Waals surface area contributed by atoms with E-state index in [-0.39, 0.29) is 23.5 Å². The molecule has 1 saturated heterocycles. The lowest BCUT2D eigenvalue weighted by molar-refractivity contribution is 0.250. The zero-order valence-corrected chi connectivity index (χ0v) is 13.2. The summed E-state index contributed by atoms with van der Waals surface area (Å²) in [6, 6.07) is 4.89. The highest BCUT2D eigenvalue weighted by Gasteiger charge is 2.27. The van der Waals surface area contributed by atoms with Crippen molar-refractivity contribution in [2.75, 3.05) is 23.4 Å². The molecule has 23 heavy (non-hydrogen) atoms. The number of hydrogen-bond donors (Lipinski definition) is 2. The van der Waals surface area contributed by atoms with Crippen LogP contribution in [-0.4, -0.2) is 47.3 Å². The number of urea groups is 1. The van der Waals surface area contributed by atoms with Gasteiger partial charge in [0.1, 0.15) is 0 Å². The largest absolute Gasteiger partial charge is 0.338 e. The first kappa shape index (κ1) is 15.5. The number of anilines is 1. The van der Waals surface area contributed by atoms with Gasteiger partial charge in [-0.05, 0) is 30.5 Å². The molecule has 1 aliphatic rings. The normalized spacial score (nSPS) is 19.4. The van der Waals surface area contributed by atoms with Gasteiger partial charge in [0.05, 0.1) is 23.4 Å². The molecule has 0 spiro atoms. The van der Waals surface area contributed by atoms with Gasteiger partial charge in [-0.15, -0.1) is 0 Å². The zero-order chi connectivity index (χ0) is 16.3. The van der Waals surface area contributed by atoms with Crippen molar-refractivity contribution in [3.05, 3.63) is 36.8 Å². The number of nitrogens with one attached hydrogen (secondary N) is 2. The minimum Gasteiger partial charge on any atom is -0.338 e. The van der Waals surface area contributed by atoms with Crippen LogP contribution >= 0.6 is 0 Å². The van der Waals surface area contributed by atoms with Crippen molar-refractivity contribution < 1.29 is 13.2 Å². The van der Waals surface area contributed by atoms with E-state index in [9.17, 15) is 13.2 Å². The fourth-order valence-corrected chi connectivity index (χ4v) is 4.31. The maximum Gasteiger partial charge on any atom is 0.319 e. The zero-order valence-electron chi connectivity index (χ0n) is 12.3. The van der Waals surface area contributed by atoms with Gasteiger partial charge < -0.3 is 10.6 Å². The van der Waals surface area contributed by atoms with Crippen molar-refractivity contribution in [1.82, 2.24) is 20.1 Å². The van der Waals surface area contributed by atoms with Crippen LogP contribution in [0.15, 0.2) is 36.8 Å². The van der Waals surface area contributed by atoms with E-state index in [4.69, 9.17) is 0 Å². The topological polar surface area (TPSA) is 106 Å². The Bertz CT molecular complexity index is 771. The molecular formula is C14H17N5O3S. The molecule has 1 fully saturated rings. The summed E-state index contributed by atoms with van der Waals surface area (Å²) in [6.45, 7) is 0.351. The summed E-state index contributed by atoms with van der Waals surface area (Å²) in [4.78, 5) is 16.0. The third-order valence-corrected chi connectivity index (χ3v) is 5.46. The molecule has 1 aliphatic heterocycles. The summed E-state index contributed by atoms with van der Waals surface area (Å²) in [7, 11) is -2.92. The van der Waals surface area contributed by atoms with Crippen molar-refractivity contribution >= 4 is 21.6 Å². The smallest absolute Gasteiger partial charge is 0.319 e. The minimum absolute atomic E-state index is 0.00827. The summed E-state index contributed by atoms with van der Waals surface area (Å²) in [6.07, 6.45) is 5.57. The lowest BCUT2D eigenvalue weighted by atomic mass is 10.1. The molecule has 1 atom stereocenters. The fraction of sp³-hybridized carbons (Fsp3) is 0.357. The molecule has 0 saturated carbocycles. The number of sulfone groups is 1. The molecule has 2 N–H and O–H groups in total. The Hall–Kier alpha value is -2.42. The Balaban J connectivity index is 1.50. The standard InChI is InChI=1S/C14H17N5O3S/c20-14(16-8-11-4-7-23(21,22)10-11)18-12-2-3-13(15-9-12)19-6-1-5-17-19/h1-3,5-6,9,11H,4,7-8,10H2,(H2,16,18,20)/t11-/m1/s1. The van der Waals surface area contributed by atoms with Gasteiger partial charge in [0.15, 0.2) is 15.7 Å². The van der Waals surface area contributed by atoms with E-state index >= 15 is 0 Å². The second-order valence-corrected chi connectivity index (χ2v) is 7.69. The molecule has 3 heterocycles. The maximum atomic E-state index is 11.8. The van der Waals surface area contributed by atoms with Crippen LogP contribution in [0.1, 0.15) is 6.42 Å². The van der Waals surface area contributed by atoms with Gasteiger partial charge >= 0.3 is 6.03 Å². The quantitative estimate of drug-likeness (QED) is 0.860. The Labute approximate surface area is 133 Å². The molecule has 8 nitrogen and oxygen atoms in total. The Morgan fingerprint density at radius 3 is 2.87 bits per heavy atom. The van der Waals surface area contributed by atoms with Crippen LogP contribution in [0, 0.1) is 5.92 Å². The molecule has 122 valence electrons. The second kappa shape index (κ2) is 6.37. The first-order chi connectivity index (χ1) is 11.0. The molecule has 0 aromatic carbocycles. The van der Waals surface area contributed by atoms with E-state index in [1.807, 2.05) is 0 Å². The number of nitrogens with zero attached hydrogens (tertiary/aromatic N) is 3. The van der Waals surface area contributed by atoms with Crippen LogP contribution in [0.3, 0.4) is 0 Å². The average Bonchev–Trinajstić information content (AvgIpc) is 3.15. The highest BCUT2D eigenvalue weighted by Crippen LogP contribution is 2.17. The Kier molecular flexibility index (Phi) is 4.28. The van der Waals surface area contributed by atoms with E-state index < -0.39 is 9.84 Å².